The Bertz CT molecular complexity index is 693. The van der Waals surface area contributed by atoms with Crippen LogP contribution in [0.1, 0.15) is 16.7 Å². The quantitative estimate of drug-likeness (QED) is 0.849. The molecular formula is C17H15FN2O. The average molecular weight is 282 g/mol. The molecule has 0 N–H and O–H groups in total. The fraction of sp³-hybridized carbons (Fsp3) is 0.235. The van der Waals surface area contributed by atoms with Crippen LogP contribution in [0.15, 0.2) is 42.5 Å². The molecule has 0 saturated carbocycles. The lowest BCUT2D eigenvalue weighted by Gasteiger charge is -2.19. The van der Waals surface area contributed by atoms with E-state index in [1.54, 1.807) is 6.07 Å². The maximum absolute atomic E-state index is 13.9. The molecule has 0 spiro atoms. The van der Waals surface area contributed by atoms with Gasteiger partial charge in [-0.1, -0.05) is 18.2 Å². The molecule has 0 unspecified atom stereocenters. The minimum absolute atomic E-state index is 0.271. The van der Waals surface area contributed by atoms with E-state index in [9.17, 15) is 4.39 Å². The minimum Gasteiger partial charge on any atom is -0.492 e. The summed E-state index contributed by atoms with van der Waals surface area (Å²) >= 11 is 0. The van der Waals surface area contributed by atoms with E-state index in [0.717, 1.165) is 17.9 Å². The fourth-order valence-corrected chi connectivity index (χ4v) is 2.52. The summed E-state index contributed by atoms with van der Waals surface area (Å²) in [4.78, 5) is 2.13. The van der Waals surface area contributed by atoms with E-state index in [4.69, 9.17) is 10.00 Å². The summed E-state index contributed by atoms with van der Waals surface area (Å²) in [6.45, 7) is 2.49. The van der Waals surface area contributed by atoms with Gasteiger partial charge in [-0.25, -0.2) is 4.39 Å². The number of para-hydroxylation sites is 1. The van der Waals surface area contributed by atoms with Crippen molar-refractivity contribution in [1.82, 2.24) is 4.90 Å². The second kappa shape index (κ2) is 5.94. The first-order valence-corrected chi connectivity index (χ1v) is 6.88. The van der Waals surface area contributed by atoms with Gasteiger partial charge in [-0.2, -0.15) is 5.26 Å². The topological polar surface area (TPSA) is 36.3 Å². The molecule has 106 valence electrons. The Kier molecular flexibility index (Phi) is 3.85. The summed E-state index contributed by atoms with van der Waals surface area (Å²) in [7, 11) is 0. The molecule has 0 radical (unpaired) electrons. The summed E-state index contributed by atoms with van der Waals surface area (Å²) in [5.41, 5.74) is 2.14. The van der Waals surface area contributed by atoms with Gasteiger partial charge in [0.05, 0.1) is 11.6 Å². The summed E-state index contributed by atoms with van der Waals surface area (Å²) < 4.78 is 19.6. The molecule has 2 aromatic rings. The Balaban J connectivity index is 1.81. The maximum atomic E-state index is 13.9. The third kappa shape index (κ3) is 3.04. The number of fused-ring (bicyclic) bond motifs is 1. The number of ether oxygens (including phenoxy) is 1. The second-order valence-corrected chi connectivity index (χ2v) is 5.08. The molecule has 0 atom stereocenters. The van der Waals surface area contributed by atoms with Crippen LogP contribution in [0.2, 0.25) is 0 Å². The molecule has 0 saturated heterocycles. The second-order valence-electron chi connectivity index (χ2n) is 5.08. The van der Waals surface area contributed by atoms with E-state index in [1.165, 1.54) is 12.1 Å². The zero-order chi connectivity index (χ0) is 14.7. The molecule has 3 nitrogen and oxygen atoms in total. The van der Waals surface area contributed by atoms with E-state index in [-0.39, 0.29) is 5.82 Å². The standard InChI is InChI=1S/C17H15FN2O/c18-16-6-5-13(10-19)9-15(16)12-20-7-8-21-17-4-2-1-3-14(17)11-20/h1-6,9H,7-8,11-12H2. The number of hydrogen-bond donors (Lipinski definition) is 0. The van der Waals surface area contributed by atoms with E-state index in [2.05, 4.69) is 4.90 Å². The minimum atomic E-state index is -0.271. The predicted octanol–water partition coefficient (Wildman–Crippen LogP) is 3.09. The van der Waals surface area contributed by atoms with Crippen molar-refractivity contribution in [3.8, 4) is 11.8 Å². The molecule has 3 rings (SSSR count). The maximum Gasteiger partial charge on any atom is 0.127 e. The van der Waals surface area contributed by atoms with E-state index in [0.29, 0.717) is 30.8 Å². The Hall–Kier alpha value is -2.38. The van der Waals surface area contributed by atoms with Crippen LogP contribution in [0.25, 0.3) is 0 Å². The van der Waals surface area contributed by atoms with Gasteiger partial charge in [0.25, 0.3) is 0 Å². The predicted molar refractivity (Wildman–Crippen MR) is 77.2 cm³/mol. The van der Waals surface area contributed by atoms with E-state index < -0.39 is 0 Å². The zero-order valence-corrected chi connectivity index (χ0v) is 11.6. The molecule has 2 aromatic carbocycles. The van der Waals surface area contributed by atoms with Crippen LogP contribution in [0.5, 0.6) is 5.75 Å². The van der Waals surface area contributed by atoms with Crippen LogP contribution in [0.3, 0.4) is 0 Å². The molecule has 1 aliphatic heterocycles. The smallest absolute Gasteiger partial charge is 0.127 e. The van der Waals surface area contributed by atoms with Gasteiger partial charge in [0.15, 0.2) is 0 Å². The molecule has 1 aliphatic rings. The van der Waals surface area contributed by atoms with Gasteiger partial charge in [-0.05, 0) is 24.3 Å². The number of nitrogens with zero attached hydrogens (tertiary/aromatic N) is 2. The summed E-state index contributed by atoms with van der Waals surface area (Å²) in [6.07, 6.45) is 0. The van der Waals surface area contributed by atoms with Crippen LogP contribution >= 0.6 is 0 Å². The van der Waals surface area contributed by atoms with Gasteiger partial charge in [-0.3, -0.25) is 4.90 Å². The third-order valence-electron chi connectivity index (χ3n) is 3.60. The highest BCUT2D eigenvalue weighted by molar-refractivity contribution is 5.35. The highest BCUT2D eigenvalue weighted by Gasteiger charge is 2.16. The largest absolute Gasteiger partial charge is 0.492 e. The van der Waals surface area contributed by atoms with Crippen molar-refractivity contribution in [2.75, 3.05) is 13.2 Å². The van der Waals surface area contributed by atoms with Gasteiger partial charge in [0.1, 0.15) is 18.2 Å². The lowest BCUT2D eigenvalue weighted by molar-refractivity contribution is 0.217. The summed E-state index contributed by atoms with van der Waals surface area (Å²) in [6, 6.07) is 14.4. The zero-order valence-electron chi connectivity index (χ0n) is 11.6. The van der Waals surface area contributed by atoms with Crippen molar-refractivity contribution >= 4 is 0 Å². The monoisotopic (exact) mass is 282 g/mol. The number of nitriles is 1. The van der Waals surface area contributed by atoms with Crippen molar-refractivity contribution in [1.29, 1.82) is 5.26 Å². The first-order chi connectivity index (χ1) is 10.3. The van der Waals surface area contributed by atoms with Gasteiger partial charge in [0, 0.05) is 30.8 Å². The summed E-state index contributed by atoms with van der Waals surface area (Å²) in [5, 5.41) is 8.93. The Labute approximate surface area is 123 Å². The number of hydrogen-bond acceptors (Lipinski definition) is 3. The number of benzene rings is 2. The van der Waals surface area contributed by atoms with E-state index in [1.807, 2.05) is 30.3 Å². The van der Waals surface area contributed by atoms with Crippen molar-refractivity contribution < 1.29 is 9.13 Å². The number of rotatable bonds is 2. The fourth-order valence-electron chi connectivity index (χ4n) is 2.52. The molecule has 21 heavy (non-hydrogen) atoms. The van der Waals surface area contributed by atoms with Crippen LogP contribution in [0, 0.1) is 17.1 Å². The van der Waals surface area contributed by atoms with Crippen molar-refractivity contribution in [3.05, 3.63) is 65.0 Å². The van der Waals surface area contributed by atoms with Gasteiger partial charge < -0.3 is 4.74 Å². The normalized spacial score (nSPS) is 14.7. The van der Waals surface area contributed by atoms with Crippen molar-refractivity contribution in [2.45, 2.75) is 13.1 Å². The van der Waals surface area contributed by atoms with Crippen molar-refractivity contribution in [2.24, 2.45) is 0 Å². The molecule has 0 fully saturated rings. The highest BCUT2D eigenvalue weighted by Crippen LogP contribution is 2.24. The third-order valence-corrected chi connectivity index (χ3v) is 3.60. The van der Waals surface area contributed by atoms with Crippen LogP contribution in [-0.2, 0) is 13.1 Å². The van der Waals surface area contributed by atoms with Crippen molar-refractivity contribution in [3.63, 3.8) is 0 Å². The SMILES string of the molecule is N#Cc1ccc(F)c(CN2CCOc3ccccc3C2)c1. The summed E-state index contributed by atoms with van der Waals surface area (Å²) in [5.74, 6) is 0.624. The Morgan fingerprint density at radius 2 is 2.10 bits per heavy atom. The number of halogens is 1. The van der Waals surface area contributed by atoms with E-state index >= 15 is 0 Å². The van der Waals surface area contributed by atoms with Gasteiger partial charge in [0.2, 0.25) is 0 Å². The average Bonchev–Trinajstić information content (AvgIpc) is 2.71. The molecule has 1 heterocycles. The lowest BCUT2D eigenvalue weighted by atomic mass is 10.1. The van der Waals surface area contributed by atoms with Crippen LogP contribution in [0.4, 0.5) is 4.39 Å². The first kappa shape index (κ1) is 13.6. The molecular weight excluding hydrogens is 267 g/mol. The first-order valence-electron chi connectivity index (χ1n) is 6.88. The molecule has 0 bridgehead atoms. The molecule has 0 amide bonds. The molecule has 4 heteroatoms. The van der Waals surface area contributed by atoms with Crippen LogP contribution in [-0.4, -0.2) is 18.1 Å². The Morgan fingerprint density at radius 3 is 2.95 bits per heavy atom. The molecule has 0 aromatic heterocycles. The highest BCUT2D eigenvalue weighted by atomic mass is 19.1. The van der Waals surface area contributed by atoms with Crippen LogP contribution < -0.4 is 4.74 Å². The molecule has 0 aliphatic carbocycles. The van der Waals surface area contributed by atoms with Gasteiger partial charge in [-0.15, -0.1) is 0 Å². The Morgan fingerprint density at radius 1 is 1.24 bits per heavy atom. The van der Waals surface area contributed by atoms with Gasteiger partial charge >= 0.3 is 0 Å². The lowest BCUT2D eigenvalue weighted by Crippen LogP contribution is -2.25.